The van der Waals surface area contributed by atoms with Crippen LogP contribution >= 0.6 is 0 Å². The number of benzene rings is 1. The normalized spacial score (nSPS) is 23.6. The molecule has 1 saturated heterocycles. The lowest BCUT2D eigenvalue weighted by Crippen LogP contribution is -2.50. The van der Waals surface area contributed by atoms with Gasteiger partial charge in [-0.25, -0.2) is 9.37 Å². The summed E-state index contributed by atoms with van der Waals surface area (Å²) in [6.45, 7) is 7.45. The van der Waals surface area contributed by atoms with Crippen LogP contribution in [0.4, 0.5) is 4.39 Å². The van der Waals surface area contributed by atoms with Crippen molar-refractivity contribution in [2.45, 2.75) is 58.7 Å². The van der Waals surface area contributed by atoms with Gasteiger partial charge in [0.2, 0.25) is 0 Å². The van der Waals surface area contributed by atoms with E-state index in [1.807, 2.05) is 19.4 Å². The summed E-state index contributed by atoms with van der Waals surface area (Å²) < 4.78 is 20.9. The van der Waals surface area contributed by atoms with E-state index in [1.165, 1.54) is 12.1 Å². The molecule has 2 aliphatic heterocycles. The van der Waals surface area contributed by atoms with Gasteiger partial charge in [0.15, 0.2) is 0 Å². The van der Waals surface area contributed by atoms with Crippen molar-refractivity contribution in [1.29, 1.82) is 0 Å². The number of nitrogens with zero attached hydrogens (tertiary/aromatic N) is 4. The summed E-state index contributed by atoms with van der Waals surface area (Å²) >= 11 is 0. The zero-order chi connectivity index (χ0) is 22.6. The van der Waals surface area contributed by atoms with Gasteiger partial charge in [0.25, 0.3) is 0 Å². The van der Waals surface area contributed by atoms with Crippen molar-refractivity contribution in [2.24, 2.45) is 10.6 Å². The number of ether oxygens (including phenoxy) is 1. The van der Waals surface area contributed by atoms with Gasteiger partial charge >= 0.3 is 5.97 Å². The van der Waals surface area contributed by atoms with E-state index < -0.39 is 5.41 Å². The molecule has 0 unspecified atom stereocenters. The lowest BCUT2D eigenvalue weighted by molar-refractivity contribution is -0.162. The number of aryl methyl sites for hydroxylation is 1. The molecule has 172 valence electrons. The summed E-state index contributed by atoms with van der Waals surface area (Å²) in [5, 5.41) is 4.24. The van der Waals surface area contributed by atoms with Crippen LogP contribution in [-0.2, 0) is 27.5 Å². The second-order valence-corrected chi connectivity index (χ2v) is 8.67. The van der Waals surface area contributed by atoms with Crippen LogP contribution in [0, 0.1) is 11.2 Å². The molecule has 7 nitrogen and oxygen atoms in total. The quantitative estimate of drug-likeness (QED) is 0.582. The molecule has 2 atom stereocenters. The van der Waals surface area contributed by atoms with Crippen molar-refractivity contribution in [3.8, 4) is 0 Å². The molecule has 0 amide bonds. The molecule has 0 spiro atoms. The van der Waals surface area contributed by atoms with Gasteiger partial charge in [-0.3, -0.25) is 9.69 Å². The highest BCUT2D eigenvalue weighted by Gasteiger charge is 2.46. The standard InChI is InChI=1S/C24H31FN4O3/c1-3-29-17-26-14-20(29)15-28-11-5-10-24(16-28,23(30)31-4-2)13-21-12-22(27-32-21)18-6-8-19(25)9-7-18/h6-9,14,17,21H,3-5,10-13,15-16H2,1-2H3/t21-,24+/m1/s1. The van der Waals surface area contributed by atoms with Crippen LogP contribution in [0.2, 0.25) is 0 Å². The van der Waals surface area contributed by atoms with Crippen molar-refractivity contribution < 1.29 is 18.8 Å². The van der Waals surface area contributed by atoms with E-state index in [2.05, 4.69) is 26.5 Å². The molecule has 1 fully saturated rings. The highest BCUT2D eigenvalue weighted by molar-refractivity contribution is 6.01. The molecular weight excluding hydrogens is 411 g/mol. The Morgan fingerprint density at radius 2 is 2.12 bits per heavy atom. The first-order valence-corrected chi connectivity index (χ1v) is 11.4. The Balaban J connectivity index is 1.47. The number of aromatic nitrogens is 2. The lowest BCUT2D eigenvalue weighted by atomic mass is 9.74. The molecule has 32 heavy (non-hydrogen) atoms. The molecule has 0 aliphatic carbocycles. The third-order valence-electron chi connectivity index (χ3n) is 6.42. The topological polar surface area (TPSA) is 69.0 Å². The molecule has 0 saturated carbocycles. The van der Waals surface area contributed by atoms with Crippen LogP contribution in [0.3, 0.4) is 0 Å². The molecule has 1 aromatic carbocycles. The third kappa shape index (κ3) is 4.85. The average molecular weight is 443 g/mol. The van der Waals surface area contributed by atoms with Crippen molar-refractivity contribution in [1.82, 2.24) is 14.5 Å². The molecular formula is C24H31FN4O3. The van der Waals surface area contributed by atoms with Gasteiger partial charge in [0, 0.05) is 38.7 Å². The van der Waals surface area contributed by atoms with Crippen molar-refractivity contribution in [3.63, 3.8) is 0 Å². The number of oxime groups is 1. The molecule has 8 heteroatoms. The fourth-order valence-corrected chi connectivity index (χ4v) is 4.84. The zero-order valence-corrected chi connectivity index (χ0v) is 18.8. The smallest absolute Gasteiger partial charge is 0.313 e. The maximum Gasteiger partial charge on any atom is 0.313 e. The second-order valence-electron chi connectivity index (χ2n) is 8.67. The minimum absolute atomic E-state index is 0.160. The number of hydrogen-bond acceptors (Lipinski definition) is 6. The van der Waals surface area contributed by atoms with Crippen LogP contribution in [-0.4, -0.2) is 51.9 Å². The Kier molecular flexibility index (Phi) is 6.89. The fourth-order valence-electron chi connectivity index (χ4n) is 4.84. The monoisotopic (exact) mass is 442 g/mol. The van der Waals surface area contributed by atoms with E-state index in [4.69, 9.17) is 9.57 Å². The van der Waals surface area contributed by atoms with Crippen LogP contribution in [0.5, 0.6) is 0 Å². The first-order valence-electron chi connectivity index (χ1n) is 11.4. The second kappa shape index (κ2) is 9.81. The van der Waals surface area contributed by atoms with Gasteiger partial charge < -0.3 is 14.1 Å². The Morgan fingerprint density at radius 3 is 2.88 bits per heavy atom. The highest BCUT2D eigenvalue weighted by Crippen LogP contribution is 2.39. The SMILES string of the molecule is CCOC(=O)[C@]1(C[C@H]2CC(c3ccc(F)cc3)=NO2)CCCN(Cc2cncn2CC)C1. The van der Waals surface area contributed by atoms with Gasteiger partial charge in [-0.05, 0) is 50.9 Å². The number of imidazole rings is 1. The number of carbonyl (C=O) groups excluding carboxylic acids is 1. The molecule has 2 aromatic rings. The first kappa shape index (κ1) is 22.5. The van der Waals surface area contributed by atoms with Gasteiger partial charge in [-0.15, -0.1) is 0 Å². The molecule has 0 N–H and O–H groups in total. The van der Waals surface area contributed by atoms with Gasteiger partial charge in [-0.2, -0.15) is 0 Å². The number of hydrogen-bond donors (Lipinski definition) is 0. The van der Waals surface area contributed by atoms with E-state index in [-0.39, 0.29) is 17.9 Å². The number of likely N-dealkylation sites (tertiary alicyclic amines) is 1. The summed E-state index contributed by atoms with van der Waals surface area (Å²) in [6, 6.07) is 6.26. The minimum Gasteiger partial charge on any atom is -0.466 e. The molecule has 0 bridgehead atoms. The van der Waals surface area contributed by atoms with E-state index in [0.29, 0.717) is 26.0 Å². The summed E-state index contributed by atoms with van der Waals surface area (Å²) in [7, 11) is 0. The van der Waals surface area contributed by atoms with Crippen molar-refractivity contribution in [3.05, 3.63) is 53.9 Å². The number of piperidine rings is 1. The third-order valence-corrected chi connectivity index (χ3v) is 6.42. The van der Waals surface area contributed by atoms with Crippen molar-refractivity contribution >= 4 is 11.7 Å². The summed E-state index contributed by atoms with van der Waals surface area (Å²) in [4.78, 5) is 25.5. The summed E-state index contributed by atoms with van der Waals surface area (Å²) in [6.07, 6.45) is 6.35. The highest BCUT2D eigenvalue weighted by atomic mass is 19.1. The predicted octanol–water partition coefficient (Wildman–Crippen LogP) is 3.77. The Bertz CT molecular complexity index is 958. The summed E-state index contributed by atoms with van der Waals surface area (Å²) in [5.74, 6) is -0.440. The van der Waals surface area contributed by atoms with E-state index in [0.717, 1.165) is 49.4 Å². The molecule has 2 aliphatic rings. The number of esters is 1. The van der Waals surface area contributed by atoms with Crippen LogP contribution in [0.15, 0.2) is 41.9 Å². The lowest BCUT2D eigenvalue weighted by Gasteiger charge is -2.41. The van der Waals surface area contributed by atoms with Gasteiger partial charge in [0.1, 0.15) is 11.9 Å². The maximum absolute atomic E-state index is 13.3. The molecule has 1 aromatic heterocycles. The largest absolute Gasteiger partial charge is 0.466 e. The summed E-state index contributed by atoms with van der Waals surface area (Å²) in [5.41, 5.74) is 2.14. The van der Waals surface area contributed by atoms with E-state index >= 15 is 0 Å². The van der Waals surface area contributed by atoms with Crippen LogP contribution < -0.4 is 0 Å². The fraction of sp³-hybridized carbons (Fsp3) is 0.542. The van der Waals surface area contributed by atoms with Gasteiger partial charge in [0.05, 0.1) is 29.8 Å². The predicted molar refractivity (Wildman–Crippen MR) is 119 cm³/mol. The number of carbonyl (C=O) groups is 1. The number of rotatable bonds is 8. The minimum atomic E-state index is -0.635. The maximum atomic E-state index is 13.3. The van der Waals surface area contributed by atoms with Gasteiger partial charge in [-0.1, -0.05) is 17.3 Å². The zero-order valence-electron chi connectivity index (χ0n) is 18.8. The Morgan fingerprint density at radius 1 is 1.31 bits per heavy atom. The van der Waals surface area contributed by atoms with E-state index in [9.17, 15) is 9.18 Å². The molecule has 3 heterocycles. The van der Waals surface area contributed by atoms with Crippen LogP contribution in [0.25, 0.3) is 0 Å². The van der Waals surface area contributed by atoms with Crippen molar-refractivity contribution in [2.75, 3.05) is 19.7 Å². The van der Waals surface area contributed by atoms with E-state index in [1.54, 1.807) is 12.1 Å². The average Bonchev–Trinajstić information content (AvgIpc) is 3.44. The van der Waals surface area contributed by atoms with Crippen LogP contribution in [0.1, 0.15) is 50.8 Å². The molecule has 0 radical (unpaired) electrons. The molecule has 4 rings (SSSR count). The number of halogens is 1. The Labute approximate surface area is 188 Å². The first-order chi connectivity index (χ1) is 15.5. The Hall–Kier alpha value is -2.74.